The molecule has 7 heteroatoms. The summed E-state index contributed by atoms with van der Waals surface area (Å²) in [6, 6.07) is 0. The number of ether oxygens (including phenoxy) is 1. The molecule has 6 nitrogen and oxygen atoms in total. The maximum Gasteiger partial charge on any atom is 0.306 e. The van der Waals surface area contributed by atoms with E-state index in [-0.39, 0.29) is 24.8 Å². The Labute approximate surface area is 114 Å². The van der Waals surface area contributed by atoms with Crippen LogP contribution in [0.2, 0.25) is 0 Å². The van der Waals surface area contributed by atoms with Gasteiger partial charge in [0.25, 0.3) is 0 Å². The molecule has 2 N–H and O–H groups in total. The summed E-state index contributed by atoms with van der Waals surface area (Å²) in [7, 11) is -3.37. The predicted molar refractivity (Wildman–Crippen MR) is 71.4 cm³/mol. The van der Waals surface area contributed by atoms with Crippen molar-refractivity contribution in [2.75, 3.05) is 25.5 Å². The maximum atomic E-state index is 11.7. The van der Waals surface area contributed by atoms with E-state index in [1.54, 1.807) is 6.92 Å². The molecule has 19 heavy (non-hydrogen) atoms. The third-order valence-corrected chi connectivity index (χ3v) is 4.80. The Bertz CT molecular complexity index is 382. The van der Waals surface area contributed by atoms with Gasteiger partial charge in [-0.1, -0.05) is 12.8 Å². The Hall–Kier alpha value is -0.660. The van der Waals surface area contributed by atoms with Gasteiger partial charge in [0, 0.05) is 13.2 Å². The first-order valence-electron chi connectivity index (χ1n) is 6.74. The molecule has 1 rings (SSSR count). The van der Waals surface area contributed by atoms with Crippen LogP contribution in [-0.4, -0.2) is 45.0 Å². The molecule has 0 heterocycles. The van der Waals surface area contributed by atoms with Crippen LogP contribution in [0.3, 0.4) is 0 Å². The van der Waals surface area contributed by atoms with E-state index >= 15 is 0 Å². The van der Waals surface area contributed by atoms with E-state index in [4.69, 9.17) is 9.84 Å². The summed E-state index contributed by atoms with van der Waals surface area (Å²) in [5.74, 6) is -1.43. The van der Waals surface area contributed by atoms with Crippen molar-refractivity contribution in [3.8, 4) is 0 Å². The van der Waals surface area contributed by atoms with Gasteiger partial charge in [0.2, 0.25) is 10.0 Å². The Kier molecular flexibility index (Phi) is 6.74. The van der Waals surface area contributed by atoms with E-state index in [0.717, 1.165) is 19.3 Å². The molecule has 1 aliphatic carbocycles. The van der Waals surface area contributed by atoms with Gasteiger partial charge in [-0.2, -0.15) is 0 Å². The first-order chi connectivity index (χ1) is 8.96. The highest BCUT2D eigenvalue weighted by Crippen LogP contribution is 2.29. The molecule has 0 aliphatic heterocycles. The average Bonchev–Trinajstić information content (AvgIpc) is 2.37. The summed E-state index contributed by atoms with van der Waals surface area (Å²) in [6.07, 6.45) is 3.28. The second kappa shape index (κ2) is 7.81. The molecule has 0 spiro atoms. The third kappa shape index (κ3) is 5.88. The zero-order valence-electron chi connectivity index (χ0n) is 11.3. The van der Waals surface area contributed by atoms with Gasteiger partial charge in [-0.05, 0) is 25.7 Å². The summed E-state index contributed by atoms with van der Waals surface area (Å²) in [5.41, 5.74) is 0. The van der Waals surface area contributed by atoms with Crippen molar-refractivity contribution in [3.05, 3.63) is 0 Å². The molecular weight excluding hydrogens is 270 g/mol. The normalized spacial score (nSPS) is 24.3. The van der Waals surface area contributed by atoms with Crippen LogP contribution in [0, 0.1) is 11.8 Å². The molecule has 0 aromatic heterocycles. The van der Waals surface area contributed by atoms with E-state index in [1.807, 2.05) is 0 Å². The molecule has 0 amide bonds. The van der Waals surface area contributed by atoms with Gasteiger partial charge in [-0.3, -0.25) is 4.79 Å². The van der Waals surface area contributed by atoms with Crippen LogP contribution in [0.5, 0.6) is 0 Å². The van der Waals surface area contributed by atoms with Crippen LogP contribution >= 0.6 is 0 Å². The Morgan fingerprint density at radius 3 is 2.68 bits per heavy atom. The molecule has 2 atom stereocenters. The number of hydrogen-bond donors (Lipinski definition) is 2. The van der Waals surface area contributed by atoms with E-state index < -0.39 is 21.9 Å². The van der Waals surface area contributed by atoms with Crippen LogP contribution in [0.25, 0.3) is 0 Å². The summed E-state index contributed by atoms with van der Waals surface area (Å²) in [6.45, 7) is 2.67. The lowest BCUT2D eigenvalue weighted by Crippen LogP contribution is -2.38. The minimum absolute atomic E-state index is 0.0781. The van der Waals surface area contributed by atoms with Gasteiger partial charge in [0.15, 0.2) is 0 Å². The number of carboxylic acids is 1. The van der Waals surface area contributed by atoms with Crippen molar-refractivity contribution in [1.29, 1.82) is 0 Å². The molecular formula is C12H23NO5S. The van der Waals surface area contributed by atoms with Crippen LogP contribution in [-0.2, 0) is 19.6 Å². The van der Waals surface area contributed by atoms with Crippen molar-refractivity contribution in [3.63, 3.8) is 0 Å². The number of aliphatic carboxylic acids is 1. The molecule has 0 aromatic carbocycles. The van der Waals surface area contributed by atoms with E-state index in [9.17, 15) is 13.2 Å². The molecule has 1 aliphatic rings. The number of hydrogen-bond acceptors (Lipinski definition) is 4. The van der Waals surface area contributed by atoms with Gasteiger partial charge in [0.05, 0.1) is 18.3 Å². The van der Waals surface area contributed by atoms with E-state index in [1.165, 1.54) is 0 Å². The lowest BCUT2D eigenvalue weighted by atomic mass is 9.79. The Morgan fingerprint density at radius 1 is 1.37 bits per heavy atom. The topological polar surface area (TPSA) is 92.7 Å². The molecule has 2 unspecified atom stereocenters. The standard InChI is InChI=1S/C12H23NO5S/c1-2-18-7-8-19(16,17)13-9-10-5-3-4-6-11(10)12(14)15/h10-11,13H,2-9H2,1H3,(H,14,15). The first kappa shape index (κ1) is 16.4. The van der Waals surface area contributed by atoms with Crippen molar-refractivity contribution in [1.82, 2.24) is 4.72 Å². The van der Waals surface area contributed by atoms with Gasteiger partial charge in [-0.15, -0.1) is 0 Å². The van der Waals surface area contributed by atoms with Gasteiger partial charge in [-0.25, -0.2) is 13.1 Å². The Balaban J connectivity index is 2.43. The number of carboxylic acid groups (broad SMARTS) is 1. The highest BCUT2D eigenvalue weighted by Gasteiger charge is 2.31. The zero-order valence-corrected chi connectivity index (χ0v) is 12.1. The summed E-state index contributed by atoms with van der Waals surface area (Å²) < 4.78 is 30.9. The lowest BCUT2D eigenvalue weighted by molar-refractivity contribution is -0.144. The second-order valence-corrected chi connectivity index (χ2v) is 6.78. The predicted octanol–water partition coefficient (Wildman–Crippen LogP) is 0.833. The first-order valence-corrected chi connectivity index (χ1v) is 8.39. The number of nitrogens with one attached hydrogen (secondary N) is 1. The van der Waals surface area contributed by atoms with Crippen molar-refractivity contribution < 1.29 is 23.1 Å². The maximum absolute atomic E-state index is 11.7. The molecule has 112 valence electrons. The zero-order chi connectivity index (χ0) is 14.3. The number of sulfonamides is 1. The number of rotatable bonds is 8. The quantitative estimate of drug-likeness (QED) is 0.647. The molecule has 0 bridgehead atoms. The summed E-state index contributed by atoms with van der Waals surface area (Å²) in [4.78, 5) is 11.1. The third-order valence-electron chi connectivity index (χ3n) is 3.49. The second-order valence-electron chi connectivity index (χ2n) is 4.85. The fourth-order valence-electron chi connectivity index (χ4n) is 2.40. The smallest absolute Gasteiger partial charge is 0.306 e. The van der Waals surface area contributed by atoms with Crippen LogP contribution in [0.1, 0.15) is 32.6 Å². The van der Waals surface area contributed by atoms with Gasteiger partial charge in [0.1, 0.15) is 0 Å². The van der Waals surface area contributed by atoms with Crippen LogP contribution < -0.4 is 4.72 Å². The van der Waals surface area contributed by atoms with Crippen LogP contribution in [0.15, 0.2) is 0 Å². The van der Waals surface area contributed by atoms with Crippen LogP contribution in [0.4, 0.5) is 0 Å². The van der Waals surface area contributed by atoms with E-state index in [2.05, 4.69) is 4.72 Å². The minimum Gasteiger partial charge on any atom is -0.481 e. The SMILES string of the molecule is CCOCCS(=O)(=O)NCC1CCCCC1C(=O)O. The van der Waals surface area contributed by atoms with Gasteiger partial charge < -0.3 is 9.84 Å². The molecule has 0 saturated heterocycles. The van der Waals surface area contributed by atoms with E-state index in [0.29, 0.717) is 13.0 Å². The monoisotopic (exact) mass is 293 g/mol. The van der Waals surface area contributed by atoms with Crippen molar-refractivity contribution >= 4 is 16.0 Å². The summed E-state index contributed by atoms with van der Waals surface area (Å²) in [5, 5.41) is 9.11. The fourth-order valence-corrected chi connectivity index (χ4v) is 3.35. The molecule has 0 aromatic rings. The highest BCUT2D eigenvalue weighted by atomic mass is 32.2. The minimum atomic E-state index is -3.37. The fraction of sp³-hybridized carbons (Fsp3) is 0.917. The average molecular weight is 293 g/mol. The van der Waals surface area contributed by atoms with Crippen molar-refractivity contribution in [2.45, 2.75) is 32.6 Å². The summed E-state index contributed by atoms with van der Waals surface area (Å²) >= 11 is 0. The van der Waals surface area contributed by atoms with Crippen molar-refractivity contribution in [2.24, 2.45) is 11.8 Å². The highest BCUT2D eigenvalue weighted by molar-refractivity contribution is 7.89. The molecule has 0 radical (unpaired) electrons. The largest absolute Gasteiger partial charge is 0.481 e. The lowest BCUT2D eigenvalue weighted by Gasteiger charge is -2.28. The molecule has 1 saturated carbocycles. The molecule has 1 fully saturated rings. The van der Waals surface area contributed by atoms with Gasteiger partial charge >= 0.3 is 5.97 Å². The number of carbonyl (C=O) groups is 1. The Morgan fingerprint density at radius 2 is 2.05 bits per heavy atom.